The van der Waals surface area contributed by atoms with Gasteiger partial charge < -0.3 is 20.0 Å². The summed E-state index contributed by atoms with van der Waals surface area (Å²) >= 11 is 0. The van der Waals surface area contributed by atoms with Crippen LogP contribution in [0.25, 0.3) is 0 Å². The van der Waals surface area contributed by atoms with Crippen molar-refractivity contribution in [3.8, 4) is 0 Å². The molecule has 5 heteroatoms. The highest BCUT2D eigenvalue weighted by Gasteiger charge is 2.35. The minimum atomic E-state index is 0.284. The largest absolute Gasteiger partial charge is 0.339 e. The molecular weight excluding hydrogens is 264 g/mol. The van der Waals surface area contributed by atoms with E-state index in [0.717, 1.165) is 38.3 Å². The minimum absolute atomic E-state index is 0.284. The van der Waals surface area contributed by atoms with Crippen LogP contribution in [0.3, 0.4) is 0 Å². The molecule has 0 aromatic rings. The number of piperazine rings is 1. The molecule has 0 aromatic carbocycles. The quantitative estimate of drug-likeness (QED) is 0.816. The average Bonchev–Trinajstić information content (AvgIpc) is 2.46. The summed E-state index contributed by atoms with van der Waals surface area (Å²) in [5.74, 6) is 0.284. The number of fused-ring (bicyclic) bond motifs is 2. The summed E-state index contributed by atoms with van der Waals surface area (Å²) in [6.07, 6.45) is 6.47. The standard InChI is InChI=1S/C16H30N4O/c1-18-6-8-20(9-7-18)16(21)12-17-13-10-14-4-3-5-15(11-13)19(14)2/h13-15,17H,3-12H2,1-2H3. The maximum atomic E-state index is 12.3. The second kappa shape index (κ2) is 6.63. The normalized spacial score (nSPS) is 35.0. The topological polar surface area (TPSA) is 38.8 Å². The summed E-state index contributed by atoms with van der Waals surface area (Å²) in [6.45, 7) is 4.30. The predicted molar refractivity (Wildman–Crippen MR) is 84.3 cm³/mol. The number of hydrogen-bond donors (Lipinski definition) is 1. The van der Waals surface area contributed by atoms with Crippen molar-refractivity contribution in [1.82, 2.24) is 20.0 Å². The molecule has 3 fully saturated rings. The summed E-state index contributed by atoms with van der Waals surface area (Å²) in [5, 5.41) is 3.55. The first-order valence-corrected chi connectivity index (χ1v) is 8.55. The van der Waals surface area contributed by atoms with Crippen LogP contribution in [0.4, 0.5) is 0 Å². The second-order valence-electron chi connectivity index (χ2n) is 7.14. The van der Waals surface area contributed by atoms with Crippen molar-refractivity contribution in [2.45, 2.75) is 50.2 Å². The van der Waals surface area contributed by atoms with Gasteiger partial charge in [-0.2, -0.15) is 0 Å². The van der Waals surface area contributed by atoms with E-state index < -0.39 is 0 Å². The third kappa shape index (κ3) is 3.58. The van der Waals surface area contributed by atoms with Crippen LogP contribution in [-0.2, 0) is 4.79 Å². The highest BCUT2D eigenvalue weighted by Crippen LogP contribution is 2.32. The van der Waals surface area contributed by atoms with Crippen LogP contribution in [0, 0.1) is 0 Å². The smallest absolute Gasteiger partial charge is 0.236 e. The van der Waals surface area contributed by atoms with Crippen molar-refractivity contribution in [2.75, 3.05) is 46.8 Å². The fourth-order valence-corrected chi connectivity index (χ4v) is 4.18. The summed E-state index contributed by atoms with van der Waals surface area (Å²) in [7, 11) is 4.40. The maximum Gasteiger partial charge on any atom is 0.236 e. The third-order valence-corrected chi connectivity index (χ3v) is 5.74. The Balaban J connectivity index is 1.44. The molecule has 3 rings (SSSR count). The lowest BCUT2D eigenvalue weighted by Crippen LogP contribution is -2.56. The Bertz CT molecular complexity index is 353. The molecule has 3 heterocycles. The fraction of sp³-hybridized carbons (Fsp3) is 0.938. The zero-order valence-electron chi connectivity index (χ0n) is 13.6. The van der Waals surface area contributed by atoms with Gasteiger partial charge in [0.25, 0.3) is 0 Å². The first-order chi connectivity index (χ1) is 10.1. The lowest BCUT2D eigenvalue weighted by Gasteiger charge is -2.47. The first-order valence-electron chi connectivity index (χ1n) is 8.55. The molecule has 5 nitrogen and oxygen atoms in total. The van der Waals surface area contributed by atoms with Crippen molar-refractivity contribution < 1.29 is 4.79 Å². The van der Waals surface area contributed by atoms with Crippen molar-refractivity contribution in [3.63, 3.8) is 0 Å². The molecule has 3 aliphatic heterocycles. The number of carbonyl (C=O) groups is 1. The fourth-order valence-electron chi connectivity index (χ4n) is 4.18. The SMILES string of the molecule is CN1CCN(C(=O)CNC2CC3CCCC(C2)N3C)CC1. The molecule has 0 aromatic heterocycles. The van der Waals surface area contributed by atoms with Gasteiger partial charge in [-0.15, -0.1) is 0 Å². The Labute approximate surface area is 128 Å². The molecule has 2 unspecified atom stereocenters. The molecule has 21 heavy (non-hydrogen) atoms. The van der Waals surface area contributed by atoms with Gasteiger partial charge in [0.15, 0.2) is 0 Å². The monoisotopic (exact) mass is 294 g/mol. The maximum absolute atomic E-state index is 12.3. The second-order valence-corrected chi connectivity index (χ2v) is 7.14. The number of amides is 1. The minimum Gasteiger partial charge on any atom is -0.339 e. The van der Waals surface area contributed by atoms with Crippen molar-refractivity contribution in [1.29, 1.82) is 0 Å². The highest BCUT2D eigenvalue weighted by atomic mass is 16.2. The van der Waals surface area contributed by atoms with Gasteiger partial charge in [-0.25, -0.2) is 0 Å². The van der Waals surface area contributed by atoms with E-state index in [4.69, 9.17) is 0 Å². The lowest BCUT2D eigenvalue weighted by atomic mass is 9.82. The van der Waals surface area contributed by atoms with Gasteiger partial charge in [0.2, 0.25) is 5.91 Å². The van der Waals surface area contributed by atoms with E-state index in [1.165, 1.54) is 32.1 Å². The van der Waals surface area contributed by atoms with Crippen LogP contribution in [0.2, 0.25) is 0 Å². The molecular formula is C16H30N4O. The van der Waals surface area contributed by atoms with Gasteiger partial charge in [-0.3, -0.25) is 4.79 Å². The van der Waals surface area contributed by atoms with E-state index >= 15 is 0 Å². The predicted octanol–water partition coefficient (Wildman–Crippen LogP) is 0.365. The zero-order valence-corrected chi connectivity index (χ0v) is 13.6. The number of rotatable bonds is 3. The van der Waals surface area contributed by atoms with Crippen LogP contribution in [0.15, 0.2) is 0 Å². The Morgan fingerprint density at radius 1 is 1.05 bits per heavy atom. The molecule has 2 bridgehead atoms. The number of nitrogens with zero attached hydrogens (tertiary/aromatic N) is 3. The van der Waals surface area contributed by atoms with Crippen LogP contribution in [-0.4, -0.2) is 85.6 Å². The molecule has 3 aliphatic rings. The van der Waals surface area contributed by atoms with Crippen molar-refractivity contribution in [2.24, 2.45) is 0 Å². The lowest BCUT2D eigenvalue weighted by molar-refractivity contribution is -0.132. The molecule has 1 N–H and O–H groups in total. The van der Waals surface area contributed by atoms with E-state index in [-0.39, 0.29) is 5.91 Å². The Kier molecular flexibility index (Phi) is 4.82. The molecule has 0 radical (unpaired) electrons. The van der Waals surface area contributed by atoms with E-state index in [9.17, 15) is 4.79 Å². The summed E-state index contributed by atoms with van der Waals surface area (Å²) in [4.78, 5) is 19.2. The summed E-state index contributed by atoms with van der Waals surface area (Å²) in [6, 6.07) is 2.00. The van der Waals surface area contributed by atoms with Crippen LogP contribution in [0.1, 0.15) is 32.1 Å². The number of nitrogens with one attached hydrogen (secondary N) is 1. The van der Waals surface area contributed by atoms with Gasteiger partial charge in [-0.1, -0.05) is 6.42 Å². The van der Waals surface area contributed by atoms with E-state index in [1.54, 1.807) is 0 Å². The zero-order chi connectivity index (χ0) is 14.8. The van der Waals surface area contributed by atoms with Gasteiger partial charge in [-0.05, 0) is 39.8 Å². The average molecular weight is 294 g/mol. The highest BCUT2D eigenvalue weighted by molar-refractivity contribution is 5.78. The van der Waals surface area contributed by atoms with Gasteiger partial charge >= 0.3 is 0 Å². The van der Waals surface area contributed by atoms with Crippen LogP contribution >= 0.6 is 0 Å². The van der Waals surface area contributed by atoms with Crippen molar-refractivity contribution >= 4 is 5.91 Å². The molecule has 1 amide bonds. The summed E-state index contributed by atoms with van der Waals surface area (Å²) in [5.41, 5.74) is 0. The first kappa shape index (κ1) is 15.3. The Hall–Kier alpha value is -0.650. The number of hydrogen-bond acceptors (Lipinski definition) is 4. The van der Waals surface area contributed by atoms with Crippen LogP contribution < -0.4 is 5.32 Å². The molecule has 2 atom stereocenters. The third-order valence-electron chi connectivity index (χ3n) is 5.74. The molecule has 0 saturated carbocycles. The van der Waals surface area contributed by atoms with E-state index in [2.05, 4.69) is 29.2 Å². The van der Waals surface area contributed by atoms with Gasteiger partial charge in [0.05, 0.1) is 6.54 Å². The van der Waals surface area contributed by atoms with Gasteiger partial charge in [0.1, 0.15) is 0 Å². The van der Waals surface area contributed by atoms with Crippen LogP contribution in [0.5, 0.6) is 0 Å². The molecule has 0 spiro atoms. The Morgan fingerprint density at radius 3 is 2.29 bits per heavy atom. The van der Waals surface area contributed by atoms with Crippen molar-refractivity contribution in [3.05, 3.63) is 0 Å². The number of likely N-dealkylation sites (N-methyl/N-ethyl adjacent to an activating group) is 1. The number of carbonyl (C=O) groups excluding carboxylic acids is 1. The molecule has 0 aliphatic carbocycles. The molecule has 3 saturated heterocycles. The van der Waals surface area contributed by atoms with Gasteiger partial charge in [0, 0.05) is 44.3 Å². The summed E-state index contributed by atoms with van der Waals surface area (Å²) < 4.78 is 0. The Morgan fingerprint density at radius 2 is 1.67 bits per heavy atom. The molecule has 120 valence electrons. The van der Waals surface area contributed by atoms with E-state index in [0.29, 0.717) is 12.6 Å². The number of piperidine rings is 2. The van der Waals surface area contributed by atoms with E-state index in [1.807, 2.05) is 4.90 Å².